The SMILES string of the molecule is O=C(O)[C@@H]1C[C@@H](O)CN1C(=O)c1cc(Br)c(Br)s1. The molecule has 5 nitrogen and oxygen atoms in total. The van der Waals surface area contributed by atoms with Gasteiger partial charge in [0.05, 0.1) is 14.8 Å². The van der Waals surface area contributed by atoms with Crippen molar-refractivity contribution in [3.05, 3.63) is 19.2 Å². The van der Waals surface area contributed by atoms with Crippen LogP contribution in [0.25, 0.3) is 0 Å². The molecule has 1 aliphatic rings. The number of halogens is 2. The number of amides is 1. The minimum absolute atomic E-state index is 0.0585. The number of likely N-dealkylation sites (tertiary alicyclic amines) is 1. The van der Waals surface area contributed by atoms with E-state index in [1.807, 2.05) is 0 Å². The van der Waals surface area contributed by atoms with E-state index in [0.29, 0.717) is 4.88 Å². The van der Waals surface area contributed by atoms with Crippen LogP contribution in [0.15, 0.2) is 14.3 Å². The second kappa shape index (κ2) is 5.28. The van der Waals surface area contributed by atoms with Gasteiger partial charge in [0.15, 0.2) is 0 Å². The number of β-amino-alcohol motifs (C(OH)–C–C–N with tert-alkyl or cyclic N) is 1. The Kier molecular flexibility index (Phi) is 4.10. The molecule has 0 spiro atoms. The molecule has 1 aliphatic heterocycles. The van der Waals surface area contributed by atoms with E-state index in [4.69, 9.17) is 5.11 Å². The fourth-order valence-electron chi connectivity index (χ4n) is 1.87. The summed E-state index contributed by atoms with van der Waals surface area (Å²) in [7, 11) is 0. The number of aliphatic carboxylic acids is 1. The molecular formula is C10H9Br2NO4S. The summed E-state index contributed by atoms with van der Waals surface area (Å²) in [6.07, 6.45) is -0.698. The smallest absolute Gasteiger partial charge is 0.326 e. The summed E-state index contributed by atoms with van der Waals surface area (Å²) in [6.45, 7) is 0.0585. The topological polar surface area (TPSA) is 77.8 Å². The second-order valence-electron chi connectivity index (χ2n) is 3.93. The number of aliphatic hydroxyl groups is 1. The quantitative estimate of drug-likeness (QED) is 0.797. The minimum Gasteiger partial charge on any atom is -0.480 e. The Bertz CT molecular complexity index is 485. The number of rotatable bonds is 2. The molecule has 1 amide bonds. The van der Waals surface area contributed by atoms with E-state index in [1.165, 1.54) is 16.2 Å². The van der Waals surface area contributed by atoms with Gasteiger partial charge in [-0.1, -0.05) is 0 Å². The highest BCUT2D eigenvalue weighted by Crippen LogP contribution is 2.34. The van der Waals surface area contributed by atoms with Gasteiger partial charge in [-0.05, 0) is 37.9 Å². The lowest BCUT2D eigenvalue weighted by molar-refractivity contribution is -0.141. The van der Waals surface area contributed by atoms with Gasteiger partial charge in [0, 0.05) is 17.4 Å². The van der Waals surface area contributed by atoms with Gasteiger partial charge < -0.3 is 15.1 Å². The fraction of sp³-hybridized carbons (Fsp3) is 0.400. The average molecular weight is 399 g/mol. The lowest BCUT2D eigenvalue weighted by Gasteiger charge is -2.20. The van der Waals surface area contributed by atoms with E-state index >= 15 is 0 Å². The summed E-state index contributed by atoms with van der Waals surface area (Å²) >= 11 is 7.79. The number of hydrogen-bond donors (Lipinski definition) is 2. The number of carboxylic acids is 1. The van der Waals surface area contributed by atoms with Crippen molar-refractivity contribution >= 4 is 55.1 Å². The molecule has 1 aromatic heterocycles. The van der Waals surface area contributed by atoms with E-state index < -0.39 is 18.1 Å². The van der Waals surface area contributed by atoms with Crippen LogP contribution in [0, 0.1) is 0 Å². The fourth-order valence-corrected chi connectivity index (χ4v) is 3.86. The van der Waals surface area contributed by atoms with Crippen molar-refractivity contribution in [1.29, 1.82) is 0 Å². The number of hydrogen-bond acceptors (Lipinski definition) is 4. The Hall–Kier alpha value is -0.440. The van der Waals surface area contributed by atoms with E-state index in [1.54, 1.807) is 6.07 Å². The molecule has 2 rings (SSSR count). The van der Waals surface area contributed by atoms with Gasteiger partial charge in [-0.2, -0.15) is 0 Å². The van der Waals surface area contributed by atoms with Crippen molar-refractivity contribution in [2.45, 2.75) is 18.6 Å². The second-order valence-corrected chi connectivity index (χ2v) is 7.16. The van der Waals surface area contributed by atoms with Crippen LogP contribution in [0.2, 0.25) is 0 Å². The van der Waals surface area contributed by atoms with E-state index in [9.17, 15) is 14.7 Å². The van der Waals surface area contributed by atoms with Crippen molar-refractivity contribution in [3.8, 4) is 0 Å². The lowest BCUT2D eigenvalue weighted by Crippen LogP contribution is -2.40. The van der Waals surface area contributed by atoms with Gasteiger partial charge in [0.2, 0.25) is 0 Å². The molecule has 2 heterocycles. The molecule has 1 fully saturated rings. The average Bonchev–Trinajstić information content (AvgIpc) is 2.82. The molecule has 0 aliphatic carbocycles. The maximum Gasteiger partial charge on any atom is 0.326 e. The predicted octanol–water partition coefficient (Wildman–Crippen LogP) is 1.93. The molecule has 0 aromatic carbocycles. The summed E-state index contributed by atoms with van der Waals surface area (Å²) in [5, 5.41) is 18.5. The van der Waals surface area contributed by atoms with Crippen LogP contribution in [0.4, 0.5) is 0 Å². The molecule has 2 N–H and O–H groups in total. The molecule has 18 heavy (non-hydrogen) atoms. The largest absolute Gasteiger partial charge is 0.480 e. The zero-order valence-electron chi connectivity index (χ0n) is 8.97. The standard InChI is InChI=1S/C10H9Br2NO4S/c11-5-2-7(18-8(5)12)9(15)13-3-4(14)1-6(13)10(16)17/h2,4,6,14H,1,3H2,(H,16,17)/t4-,6+/m1/s1. The summed E-state index contributed by atoms with van der Waals surface area (Å²) < 4.78 is 1.53. The van der Waals surface area contributed by atoms with E-state index in [2.05, 4.69) is 31.9 Å². The number of thiophene rings is 1. The molecular weight excluding hydrogens is 390 g/mol. The van der Waals surface area contributed by atoms with Gasteiger partial charge in [-0.15, -0.1) is 11.3 Å². The van der Waals surface area contributed by atoms with Crippen LogP contribution >= 0.6 is 43.2 Å². The van der Waals surface area contributed by atoms with Crippen molar-refractivity contribution in [2.24, 2.45) is 0 Å². The van der Waals surface area contributed by atoms with E-state index in [0.717, 1.165) is 8.26 Å². The number of carbonyl (C=O) groups excluding carboxylic acids is 1. The molecule has 2 atom stereocenters. The number of aliphatic hydroxyl groups excluding tert-OH is 1. The molecule has 0 bridgehead atoms. The first-order valence-corrected chi connectivity index (χ1v) is 7.47. The van der Waals surface area contributed by atoms with Crippen LogP contribution in [0.1, 0.15) is 16.1 Å². The Morgan fingerprint density at radius 2 is 2.11 bits per heavy atom. The third kappa shape index (κ3) is 2.61. The van der Waals surface area contributed by atoms with Crippen LogP contribution in [-0.4, -0.2) is 45.7 Å². The summed E-state index contributed by atoms with van der Waals surface area (Å²) in [6, 6.07) is 0.688. The van der Waals surface area contributed by atoms with Gasteiger partial charge >= 0.3 is 5.97 Å². The first-order chi connectivity index (χ1) is 8.40. The number of nitrogens with zero attached hydrogens (tertiary/aromatic N) is 1. The lowest BCUT2D eigenvalue weighted by atomic mass is 10.2. The summed E-state index contributed by atoms with van der Waals surface area (Å²) in [4.78, 5) is 24.9. The third-order valence-corrected chi connectivity index (χ3v) is 5.93. The monoisotopic (exact) mass is 397 g/mol. The van der Waals surface area contributed by atoms with Crippen molar-refractivity contribution in [2.75, 3.05) is 6.54 Å². The Balaban J connectivity index is 2.25. The molecule has 1 aromatic rings. The molecule has 0 radical (unpaired) electrons. The van der Waals surface area contributed by atoms with Gasteiger partial charge in [0.1, 0.15) is 6.04 Å². The zero-order chi connectivity index (χ0) is 13.4. The molecule has 8 heteroatoms. The maximum absolute atomic E-state index is 12.2. The van der Waals surface area contributed by atoms with E-state index in [-0.39, 0.29) is 18.9 Å². The Labute approximate surface area is 124 Å². The number of carbonyl (C=O) groups is 2. The van der Waals surface area contributed by atoms with Crippen LogP contribution in [0.3, 0.4) is 0 Å². The normalized spacial score (nSPS) is 23.4. The van der Waals surface area contributed by atoms with Crippen molar-refractivity contribution in [3.63, 3.8) is 0 Å². The highest BCUT2D eigenvalue weighted by atomic mass is 79.9. The molecule has 1 saturated heterocycles. The highest BCUT2D eigenvalue weighted by molar-refractivity contribution is 9.13. The van der Waals surface area contributed by atoms with Gasteiger partial charge in [-0.25, -0.2) is 4.79 Å². The van der Waals surface area contributed by atoms with Gasteiger partial charge in [0.25, 0.3) is 5.91 Å². The van der Waals surface area contributed by atoms with Crippen molar-refractivity contribution in [1.82, 2.24) is 4.90 Å². The third-order valence-electron chi connectivity index (χ3n) is 2.68. The molecule has 0 saturated carbocycles. The minimum atomic E-state index is -1.09. The molecule has 98 valence electrons. The Morgan fingerprint density at radius 1 is 1.44 bits per heavy atom. The highest BCUT2D eigenvalue weighted by Gasteiger charge is 2.39. The zero-order valence-corrected chi connectivity index (χ0v) is 13.0. The number of carboxylic acid groups (broad SMARTS) is 1. The Morgan fingerprint density at radius 3 is 2.61 bits per heavy atom. The summed E-state index contributed by atoms with van der Waals surface area (Å²) in [5.41, 5.74) is 0. The maximum atomic E-state index is 12.2. The predicted molar refractivity (Wildman–Crippen MR) is 72.8 cm³/mol. The summed E-state index contributed by atoms with van der Waals surface area (Å²) in [5.74, 6) is -1.45. The first kappa shape index (κ1) is 14.0. The van der Waals surface area contributed by atoms with Crippen LogP contribution < -0.4 is 0 Å². The van der Waals surface area contributed by atoms with Crippen molar-refractivity contribution < 1.29 is 19.8 Å². The van der Waals surface area contributed by atoms with Crippen LogP contribution in [-0.2, 0) is 4.79 Å². The van der Waals surface area contributed by atoms with Gasteiger partial charge in [-0.3, -0.25) is 4.79 Å². The van der Waals surface area contributed by atoms with Crippen LogP contribution in [0.5, 0.6) is 0 Å². The molecule has 0 unspecified atom stereocenters. The first-order valence-electron chi connectivity index (χ1n) is 5.07.